The lowest BCUT2D eigenvalue weighted by molar-refractivity contribution is -0.0514. The number of para-hydroxylation sites is 1. The molecule has 2 heterocycles. The average Bonchev–Trinajstić information content (AvgIpc) is 2.97. The molecule has 0 aliphatic carbocycles. The van der Waals surface area contributed by atoms with E-state index in [1.54, 1.807) is 6.20 Å². The molecule has 178 valence electrons. The number of halogens is 6. The molecule has 2 aromatic heterocycles. The Labute approximate surface area is 176 Å². The van der Waals surface area contributed by atoms with Crippen LogP contribution in [0.15, 0.2) is 48.7 Å². The highest BCUT2D eigenvalue weighted by Crippen LogP contribution is 2.21. The summed E-state index contributed by atoms with van der Waals surface area (Å²) in [6, 6.07) is 14.0. The van der Waals surface area contributed by atoms with Crippen LogP contribution in [0.4, 0.5) is 26.3 Å². The van der Waals surface area contributed by atoms with Crippen LogP contribution in [-0.4, -0.2) is 51.7 Å². The van der Waals surface area contributed by atoms with Gasteiger partial charge in [-0.1, -0.05) is 18.2 Å². The molecule has 0 spiro atoms. The van der Waals surface area contributed by atoms with Crippen molar-refractivity contribution in [1.29, 1.82) is 0 Å². The lowest BCUT2D eigenvalue weighted by Gasteiger charge is -2.00. The van der Waals surface area contributed by atoms with E-state index in [1.165, 1.54) is 0 Å². The number of hydrogen-bond donors (Lipinski definition) is 2. The molecule has 3 aromatic rings. The van der Waals surface area contributed by atoms with Gasteiger partial charge in [-0.05, 0) is 31.2 Å². The fourth-order valence-corrected chi connectivity index (χ4v) is 1.85. The van der Waals surface area contributed by atoms with Crippen LogP contribution in [0, 0.1) is 6.92 Å². The van der Waals surface area contributed by atoms with Crippen LogP contribution >= 0.6 is 0 Å². The fourth-order valence-electron chi connectivity index (χ4n) is 1.85. The maximum atomic E-state index is 10.7. The van der Waals surface area contributed by atoms with Gasteiger partial charge in [0.25, 0.3) is 0 Å². The van der Waals surface area contributed by atoms with Crippen LogP contribution in [-0.2, 0) is 20.2 Å². The van der Waals surface area contributed by atoms with E-state index < -0.39 is 31.3 Å². The average molecular weight is 509 g/mol. The smallest absolute Gasteiger partial charge is 0.279 e. The van der Waals surface area contributed by atoms with Gasteiger partial charge in [-0.15, -0.1) is 0 Å². The molecule has 1 aromatic carbocycles. The first kappa shape index (κ1) is 27.3. The van der Waals surface area contributed by atoms with Crippen molar-refractivity contribution in [2.45, 2.75) is 17.9 Å². The number of pyridine rings is 1. The van der Waals surface area contributed by atoms with Gasteiger partial charge in [0.15, 0.2) is 5.65 Å². The second kappa shape index (κ2) is 9.80. The normalized spacial score (nSPS) is 12.4. The number of fused-ring (bicyclic) bond motifs is 1. The van der Waals surface area contributed by atoms with E-state index in [1.807, 2.05) is 54.1 Å². The molecule has 17 heteroatoms. The van der Waals surface area contributed by atoms with Gasteiger partial charge in [0.2, 0.25) is 0 Å². The maximum absolute atomic E-state index is 10.7. The highest BCUT2D eigenvalue weighted by atomic mass is 32.2. The molecular formula is C15H13F6N3O6S2. The summed E-state index contributed by atoms with van der Waals surface area (Å²) in [7, 11) is -11.7. The Morgan fingerprint density at radius 2 is 1.25 bits per heavy atom. The lowest BCUT2D eigenvalue weighted by atomic mass is 10.3. The van der Waals surface area contributed by atoms with Crippen molar-refractivity contribution in [3.8, 4) is 5.69 Å². The van der Waals surface area contributed by atoms with Crippen molar-refractivity contribution >= 4 is 31.3 Å². The van der Waals surface area contributed by atoms with Gasteiger partial charge in [-0.2, -0.15) is 48.3 Å². The second-order valence-corrected chi connectivity index (χ2v) is 8.38. The van der Waals surface area contributed by atoms with E-state index in [9.17, 15) is 26.3 Å². The van der Waals surface area contributed by atoms with Gasteiger partial charge >= 0.3 is 31.3 Å². The Bertz CT molecular complexity index is 1210. The number of nitrogens with zero attached hydrogens (tertiary/aromatic N) is 3. The first-order valence-corrected chi connectivity index (χ1v) is 10.7. The van der Waals surface area contributed by atoms with Crippen molar-refractivity contribution in [2.24, 2.45) is 0 Å². The van der Waals surface area contributed by atoms with Crippen LogP contribution < -0.4 is 0 Å². The third kappa shape index (κ3) is 7.43. The summed E-state index contributed by atoms with van der Waals surface area (Å²) in [6.45, 7) is 2.00. The minimum atomic E-state index is -5.84. The zero-order valence-electron chi connectivity index (χ0n) is 15.6. The number of aryl methyl sites for hydroxylation is 1. The maximum Gasteiger partial charge on any atom is 0.522 e. The Balaban J connectivity index is 0.000000273. The zero-order valence-corrected chi connectivity index (χ0v) is 17.2. The summed E-state index contributed by atoms with van der Waals surface area (Å²) in [5.74, 6) is 0. The van der Waals surface area contributed by atoms with Crippen molar-refractivity contribution in [3.63, 3.8) is 0 Å². The van der Waals surface area contributed by atoms with E-state index in [2.05, 4.69) is 10.1 Å². The molecular weight excluding hydrogens is 496 g/mol. The lowest BCUT2D eigenvalue weighted by Crippen LogP contribution is -2.21. The molecule has 0 radical (unpaired) electrons. The molecule has 0 amide bonds. The first-order chi connectivity index (χ1) is 14.4. The van der Waals surface area contributed by atoms with Gasteiger partial charge in [0, 0.05) is 11.6 Å². The van der Waals surface area contributed by atoms with Gasteiger partial charge in [0.1, 0.15) is 0 Å². The summed E-state index contributed by atoms with van der Waals surface area (Å²) in [5, 5.41) is 5.62. The monoisotopic (exact) mass is 509 g/mol. The number of alkyl halides is 6. The van der Waals surface area contributed by atoms with E-state index >= 15 is 0 Å². The minimum Gasteiger partial charge on any atom is -0.279 e. The quantitative estimate of drug-likeness (QED) is 0.289. The van der Waals surface area contributed by atoms with Crippen LogP contribution in [0.3, 0.4) is 0 Å². The molecule has 2 N–H and O–H groups in total. The SMILES string of the molecule is Cc1nn(-c2ccccc2)c2ncccc12.O=S(=O)(O)C(F)(F)F.O=S(=O)(O)C(F)(F)F. The Hall–Kier alpha value is -2.76. The summed E-state index contributed by atoms with van der Waals surface area (Å²) < 4.78 is 117. The zero-order chi connectivity index (χ0) is 25.0. The highest BCUT2D eigenvalue weighted by Gasteiger charge is 2.45. The van der Waals surface area contributed by atoms with Gasteiger partial charge < -0.3 is 0 Å². The molecule has 0 saturated carbocycles. The van der Waals surface area contributed by atoms with Crippen LogP contribution in [0.2, 0.25) is 0 Å². The van der Waals surface area contributed by atoms with E-state index in [4.69, 9.17) is 25.9 Å². The van der Waals surface area contributed by atoms with Gasteiger partial charge in [0.05, 0.1) is 11.4 Å². The second-order valence-electron chi connectivity index (χ2n) is 5.55. The van der Waals surface area contributed by atoms with Gasteiger partial charge in [-0.3, -0.25) is 9.11 Å². The van der Waals surface area contributed by atoms with Crippen molar-refractivity contribution in [3.05, 3.63) is 54.4 Å². The molecule has 0 aliphatic heterocycles. The summed E-state index contributed by atoms with van der Waals surface area (Å²) in [6.07, 6.45) is 1.79. The van der Waals surface area contributed by atoms with E-state index in [0.717, 1.165) is 22.4 Å². The third-order valence-electron chi connectivity index (χ3n) is 3.21. The predicted molar refractivity (Wildman–Crippen MR) is 98.8 cm³/mol. The fraction of sp³-hybridized carbons (Fsp3) is 0.200. The third-order valence-corrected chi connectivity index (χ3v) is 4.38. The van der Waals surface area contributed by atoms with Crippen molar-refractivity contribution in [1.82, 2.24) is 14.8 Å². The summed E-state index contributed by atoms with van der Waals surface area (Å²) in [5.41, 5.74) is -8.11. The highest BCUT2D eigenvalue weighted by molar-refractivity contribution is 7.86. The van der Waals surface area contributed by atoms with Crippen LogP contribution in [0.25, 0.3) is 16.7 Å². The predicted octanol–water partition coefficient (Wildman–Crippen LogP) is 3.52. The van der Waals surface area contributed by atoms with Gasteiger partial charge in [-0.25, -0.2) is 9.67 Å². The molecule has 0 aliphatic rings. The molecule has 0 unspecified atom stereocenters. The number of hydrogen-bond acceptors (Lipinski definition) is 6. The van der Waals surface area contributed by atoms with Crippen molar-refractivity contribution < 1.29 is 52.3 Å². The summed E-state index contributed by atoms with van der Waals surface area (Å²) in [4.78, 5) is 4.38. The van der Waals surface area contributed by atoms with Crippen molar-refractivity contribution in [2.75, 3.05) is 0 Å². The molecule has 0 saturated heterocycles. The van der Waals surface area contributed by atoms with Crippen LogP contribution in [0.5, 0.6) is 0 Å². The molecule has 0 fully saturated rings. The summed E-state index contributed by atoms with van der Waals surface area (Å²) >= 11 is 0. The first-order valence-electron chi connectivity index (χ1n) is 7.79. The number of rotatable bonds is 1. The Morgan fingerprint density at radius 1 is 0.812 bits per heavy atom. The molecule has 32 heavy (non-hydrogen) atoms. The number of aromatic nitrogens is 3. The number of benzene rings is 1. The molecule has 9 nitrogen and oxygen atoms in total. The molecule has 3 rings (SSSR count). The molecule has 0 atom stereocenters. The Kier molecular flexibility index (Phi) is 8.35. The largest absolute Gasteiger partial charge is 0.522 e. The van der Waals surface area contributed by atoms with E-state index in [0.29, 0.717) is 0 Å². The standard InChI is InChI=1S/C13H11N3.2CHF3O3S/c1-10-12-8-5-9-14-13(12)16(15-10)11-6-3-2-4-7-11;2*2-1(3,4)8(5,6)7/h2-9H,1H3;2*(H,5,6,7). The Morgan fingerprint density at radius 3 is 1.66 bits per heavy atom. The molecule has 0 bridgehead atoms. The minimum absolute atomic E-state index is 0.909. The van der Waals surface area contributed by atoms with E-state index in [-0.39, 0.29) is 0 Å². The topological polar surface area (TPSA) is 139 Å². The van der Waals surface area contributed by atoms with Crippen LogP contribution in [0.1, 0.15) is 5.69 Å².